The number of rotatable bonds is 5. The molecular formula is C29H29F6N3O. The molecule has 1 amide bonds. The Hall–Kier alpha value is -3.06. The lowest BCUT2D eigenvalue weighted by Gasteiger charge is -2.44. The van der Waals surface area contributed by atoms with Gasteiger partial charge in [-0.1, -0.05) is 30.3 Å². The maximum atomic E-state index is 14.8. The number of nitrogens with zero attached hydrogens (tertiary/aromatic N) is 3. The van der Waals surface area contributed by atoms with Crippen molar-refractivity contribution in [2.24, 2.45) is 0 Å². The van der Waals surface area contributed by atoms with E-state index >= 15 is 0 Å². The molecule has 0 saturated carbocycles. The van der Waals surface area contributed by atoms with Gasteiger partial charge in [-0.15, -0.1) is 0 Å². The SMILES string of the molecule is CC(F)(c1ccc2c(c1)CC[C@H]1N(C(=O)[C@@H]3C[C@H](F)CN3CC#N)CC[C@@]21Cc1ccc(F)cc1)C(F)(F)F. The molecule has 1 aliphatic carbocycles. The molecule has 5 rings (SSSR count). The van der Waals surface area contributed by atoms with E-state index in [9.17, 15) is 31.1 Å². The number of halogens is 6. The van der Waals surface area contributed by atoms with Crippen LogP contribution in [-0.2, 0) is 28.7 Å². The van der Waals surface area contributed by atoms with Gasteiger partial charge in [0.2, 0.25) is 11.6 Å². The number of likely N-dealkylation sites (tertiary alicyclic amines) is 2. The summed E-state index contributed by atoms with van der Waals surface area (Å²) in [5.41, 5.74) is -2.53. The van der Waals surface area contributed by atoms with Gasteiger partial charge in [0, 0.05) is 31.0 Å². The lowest BCUT2D eigenvalue weighted by atomic mass is 9.63. The number of carbonyl (C=O) groups excluding carboxylic acids is 1. The molecular weight excluding hydrogens is 520 g/mol. The fraction of sp³-hybridized carbons (Fsp3) is 0.517. The molecule has 3 aliphatic rings. The van der Waals surface area contributed by atoms with E-state index in [-0.39, 0.29) is 31.5 Å². The second kappa shape index (κ2) is 9.84. The fourth-order valence-corrected chi connectivity index (χ4v) is 6.81. The van der Waals surface area contributed by atoms with E-state index in [0.717, 1.165) is 11.1 Å². The number of amides is 1. The van der Waals surface area contributed by atoms with E-state index in [2.05, 4.69) is 0 Å². The number of benzene rings is 2. The van der Waals surface area contributed by atoms with Gasteiger partial charge in [-0.25, -0.2) is 13.2 Å². The number of hydrogen-bond acceptors (Lipinski definition) is 3. The molecule has 2 saturated heterocycles. The number of hydrogen-bond donors (Lipinski definition) is 0. The summed E-state index contributed by atoms with van der Waals surface area (Å²) in [4.78, 5) is 17.1. The molecule has 2 aliphatic heterocycles. The number of fused-ring (bicyclic) bond motifs is 3. The zero-order valence-corrected chi connectivity index (χ0v) is 21.4. The summed E-state index contributed by atoms with van der Waals surface area (Å²) in [6.07, 6.45) is -4.63. The van der Waals surface area contributed by atoms with Gasteiger partial charge in [-0.2, -0.15) is 18.4 Å². The zero-order chi connectivity index (χ0) is 28.2. The van der Waals surface area contributed by atoms with Gasteiger partial charge >= 0.3 is 6.18 Å². The van der Waals surface area contributed by atoms with Crippen molar-refractivity contribution in [1.82, 2.24) is 9.80 Å². The van der Waals surface area contributed by atoms with Crippen molar-refractivity contribution >= 4 is 5.91 Å². The first kappa shape index (κ1) is 27.5. The molecule has 10 heteroatoms. The summed E-state index contributed by atoms with van der Waals surface area (Å²) in [6, 6.07) is 10.9. The zero-order valence-electron chi connectivity index (χ0n) is 21.4. The van der Waals surface area contributed by atoms with Crippen molar-refractivity contribution in [3.63, 3.8) is 0 Å². The summed E-state index contributed by atoms with van der Waals surface area (Å²) >= 11 is 0. The van der Waals surface area contributed by atoms with Crippen LogP contribution in [0, 0.1) is 17.1 Å². The highest BCUT2D eigenvalue weighted by Gasteiger charge is 2.56. The van der Waals surface area contributed by atoms with Crippen LogP contribution in [0.3, 0.4) is 0 Å². The Labute approximate surface area is 223 Å². The smallest absolute Gasteiger partial charge is 0.337 e. The van der Waals surface area contributed by atoms with Gasteiger partial charge in [-0.05, 0) is 67.0 Å². The summed E-state index contributed by atoms with van der Waals surface area (Å²) in [7, 11) is 0. The number of alkyl halides is 5. The number of aryl methyl sites for hydroxylation is 1. The monoisotopic (exact) mass is 549 g/mol. The molecule has 4 nitrogen and oxygen atoms in total. The predicted octanol–water partition coefficient (Wildman–Crippen LogP) is 5.54. The summed E-state index contributed by atoms with van der Waals surface area (Å²) in [6.45, 7) is 0.805. The van der Waals surface area contributed by atoms with Crippen LogP contribution in [0.2, 0.25) is 0 Å². The molecule has 0 spiro atoms. The first-order chi connectivity index (χ1) is 18.4. The van der Waals surface area contributed by atoms with E-state index in [1.807, 2.05) is 6.07 Å². The van der Waals surface area contributed by atoms with Gasteiger partial charge in [0.15, 0.2) is 0 Å². The fourth-order valence-electron chi connectivity index (χ4n) is 6.81. The molecule has 0 radical (unpaired) electrons. The highest BCUT2D eigenvalue weighted by molar-refractivity contribution is 5.83. The third-order valence-electron chi connectivity index (χ3n) is 8.84. The van der Waals surface area contributed by atoms with Crippen molar-refractivity contribution in [2.75, 3.05) is 19.6 Å². The van der Waals surface area contributed by atoms with Gasteiger partial charge in [-0.3, -0.25) is 9.69 Å². The average molecular weight is 550 g/mol. The minimum Gasteiger partial charge on any atom is -0.337 e. The van der Waals surface area contributed by atoms with E-state index in [4.69, 9.17) is 5.26 Å². The number of nitriles is 1. The van der Waals surface area contributed by atoms with Gasteiger partial charge in [0.25, 0.3) is 0 Å². The van der Waals surface area contributed by atoms with Crippen molar-refractivity contribution in [2.45, 2.75) is 74.5 Å². The Balaban J connectivity index is 1.54. The molecule has 5 atom stereocenters. The van der Waals surface area contributed by atoms with Crippen LogP contribution in [-0.4, -0.2) is 59.8 Å². The van der Waals surface area contributed by atoms with Crippen LogP contribution in [0.4, 0.5) is 26.3 Å². The Kier molecular flexibility index (Phi) is 6.94. The van der Waals surface area contributed by atoms with Crippen molar-refractivity contribution < 1.29 is 31.1 Å². The highest BCUT2D eigenvalue weighted by Crippen LogP contribution is 2.51. The molecule has 1 unspecified atom stereocenters. The van der Waals surface area contributed by atoms with Crippen molar-refractivity contribution in [3.05, 3.63) is 70.5 Å². The first-order valence-corrected chi connectivity index (χ1v) is 13.1. The van der Waals surface area contributed by atoms with Crippen LogP contribution >= 0.6 is 0 Å². The van der Waals surface area contributed by atoms with E-state index in [1.165, 1.54) is 24.3 Å². The summed E-state index contributed by atoms with van der Waals surface area (Å²) in [5.74, 6) is -0.663. The molecule has 2 heterocycles. The lowest BCUT2D eigenvalue weighted by Crippen LogP contribution is -2.53. The molecule has 0 N–H and O–H groups in total. The molecule has 2 aromatic carbocycles. The van der Waals surface area contributed by atoms with Crippen LogP contribution in [0.15, 0.2) is 42.5 Å². The summed E-state index contributed by atoms with van der Waals surface area (Å²) < 4.78 is 83.2. The standard InChI is InChI=1S/C29H29F6N3O/c1-27(32,29(33,34)35)20-5-8-23-19(14-20)4-9-25-28(23,16-18-2-6-21(30)7-3-18)10-12-38(25)26(39)24-15-22(31)17-37(24)13-11-36/h2-3,5-8,14,22,24-25H,4,9-10,12-13,15-17H2,1H3/t22-,24-,25+,27?,28+/m0/s1. The maximum absolute atomic E-state index is 14.8. The maximum Gasteiger partial charge on any atom is 0.426 e. The molecule has 0 aromatic heterocycles. The van der Waals surface area contributed by atoms with Crippen molar-refractivity contribution in [3.8, 4) is 6.07 Å². The molecule has 2 fully saturated rings. The lowest BCUT2D eigenvalue weighted by molar-refractivity contribution is -0.228. The van der Waals surface area contributed by atoms with Crippen LogP contribution in [0.25, 0.3) is 0 Å². The third kappa shape index (κ3) is 4.69. The van der Waals surface area contributed by atoms with Crippen LogP contribution in [0.5, 0.6) is 0 Å². The van der Waals surface area contributed by atoms with Gasteiger partial charge in [0.05, 0.1) is 18.7 Å². The van der Waals surface area contributed by atoms with Crippen LogP contribution < -0.4 is 0 Å². The number of carbonyl (C=O) groups is 1. The Bertz CT molecular complexity index is 1290. The average Bonchev–Trinajstić information content (AvgIpc) is 3.44. The van der Waals surface area contributed by atoms with Crippen LogP contribution in [0.1, 0.15) is 48.4 Å². The third-order valence-corrected chi connectivity index (χ3v) is 8.84. The first-order valence-electron chi connectivity index (χ1n) is 13.1. The second-order valence-electron chi connectivity index (χ2n) is 11.1. The normalized spacial score (nSPS) is 28.5. The van der Waals surface area contributed by atoms with Gasteiger partial charge < -0.3 is 4.90 Å². The van der Waals surface area contributed by atoms with E-state index in [1.54, 1.807) is 28.0 Å². The molecule has 2 aromatic rings. The minimum atomic E-state index is -5.08. The van der Waals surface area contributed by atoms with E-state index in [0.29, 0.717) is 44.7 Å². The topological polar surface area (TPSA) is 47.3 Å². The highest BCUT2D eigenvalue weighted by atomic mass is 19.4. The predicted molar refractivity (Wildman–Crippen MR) is 132 cm³/mol. The van der Waals surface area contributed by atoms with E-state index < -0.39 is 40.9 Å². The summed E-state index contributed by atoms with van der Waals surface area (Å²) in [5, 5.41) is 9.17. The van der Waals surface area contributed by atoms with Gasteiger partial charge in [0.1, 0.15) is 12.0 Å². The minimum absolute atomic E-state index is 0.00116. The molecule has 39 heavy (non-hydrogen) atoms. The Morgan fingerprint density at radius 3 is 2.54 bits per heavy atom. The molecule has 0 bridgehead atoms. The quantitative estimate of drug-likeness (QED) is 0.364. The Morgan fingerprint density at radius 1 is 1.15 bits per heavy atom. The van der Waals surface area contributed by atoms with Crippen molar-refractivity contribution in [1.29, 1.82) is 5.26 Å². The Morgan fingerprint density at radius 2 is 1.87 bits per heavy atom. The largest absolute Gasteiger partial charge is 0.426 e. The molecule has 208 valence electrons. The second-order valence-corrected chi connectivity index (χ2v) is 11.1.